The molecule has 3 heteroatoms. The highest BCUT2D eigenvalue weighted by Gasteiger charge is 2.43. The monoisotopic (exact) mass is 192 g/mol. The Hall–Kier alpha value is -1.35. The number of Topliss-reactive ketones (excluding diaryl/α,β-unsaturated/α-hetero) is 1. The highest BCUT2D eigenvalue weighted by Crippen LogP contribution is 2.39. The Bertz CT molecular complexity index is 342. The van der Waals surface area contributed by atoms with Crippen LogP contribution < -0.4 is 4.74 Å². The summed E-state index contributed by atoms with van der Waals surface area (Å²) in [6.45, 7) is 1.55. The molecule has 0 saturated carbocycles. The van der Waals surface area contributed by atoms with Gasteiger partial charge in [-0.05, 0) is 24.6 Å². The Morgan fingerprint density at radius 3 is 2.43 bits per heavy atom. The molecule has 74 valence electrons. The summed E-state index contributed by atoms with van der Waals surface area (Å²) < 4.78 is 10.3. The van der Waals surface area contributed by atoms with Crippen molar-refractivity contribution in [3.8, 4) is 5.75 Å². The molecule has 0 spiro atoms. The van der Waals surface area contributed by atoms with Gasteiger partial charge >= 0.3 is 0 Å². The van der Waals surface area contributed by atoms with E-state index < -0.39 is 0 Å². The standard InChI is InChI=1S/C11H12O3/c1-7(12)10-11(14-10)8-3-5-9(13-2)6-4-8/h3-6,10-11H,1-2H3/t10-,11-/m0/s1. The summed E-state index contributed by atoms with van der Waals surface area (Å²) >= 11 is 0. The van der Waals surface area contributed by atoms with E-state index in [1.807, 2.05) is 24.3 Å². The molecule has 2 rings (SSSR count). The number of ketones is 1. The van der Waals surface area contributed by atoms with Crippen LogP contribution in [0.15, 0.2) is 24.3 Å². The predicted octanol–water partition coefficient (Wildman–Crippen LogP) is 1.72. The van der Waals surface area contributed by atoms with E-state index in [1.54, 1.807) is 14.0 Å². The number of hydrogen-bond donors (Lipinski definition) is 0. The molecule has 2 atom stereocenters. The van der Waals surface area contributed by atoms with E-state index in [2.05, 4.69) is 0 Å². The van der Waals surface area contributed by atoms with E-state index >= 15 is 0 Å². The van der Waals surface area contributed by atoms with Crippen molar-refractivity contribution in [2.75, 3.05) is 7.11 Å². The molecule has 1 aliphatic heterocycles. The third kappa shape index (κ3) is 1.63. The van der Waals surface area contributed by atoms with Gasteiger partial charge in [-0.3, -0.25) is 4.79 Å². The highest BCUT2D eigenvalue weighted by atomic mass is 16.6. The molecule has 1 heterocycles. The molecule has 14 heavy (non-hydrogen) atoms. The van der Waals surface area contributed by atoms with Gasteiger partial charge in [0, 0.05) is 0 Å². The van der Waals surface area contributed by atoms with Crippen molar-refractivity contribution in [3.63, 3.8) is 0 Å². The molecule has 0 amide bonds. The first kappa shape index (κ1) is 9.21. The van der Waals surface area contributed by atoms with Crippen LogP contribution in [0.4, 0.5) is 0 Å². The molecule has 0 aliphatic carbocycles. The summed E-state index contributed by atoms with van der Waals surface area (Å²) in [4.78, 5) is 11.0. The number of carbonyl (C=O) groups is 1. The number of rotatable bonds is 3. The minimum Gasteiger partial charge on any atom is -0.497 e. The molecule has 0 unspecified atom stereocenters. The second-order valence-electron chi connectivity index (χ2n) is 3.36. The molecule has 1 aliphatic rings. The van der Waals surface area contributed by atoms with E-state index in [1.165, 1.54) is 0 Å². The molecule has 0 bridgehead atoms. The number of methoxy groups -OCH3 is 1. The van der Waals surface area contributed by atoms with Crippen molar-refractivity contribution in [3.05, 3.63) is 29.8 Å². The highest BCUT2D eigenvalue weighted by molar-refractivity contribution is 5.83. The lowest BCUT2D eigenvalue weighted by atomic mass is 10.1. The smallest absolute Gasteiger partial charge is 0.161 e. The van der Waals surface area contributed by atoms with Gasteiger partial charge in [0.25, 0.3) is 0 Å². The van der Waals surface area contributed by atoms with E-state index in [4.69, 9.17) is 9.47 Å². The molecule has 3 nitrogen and oxygen atoms in total. The van der Waals surface area contributed by atoms with Crippen molar-refractivity contribution < 1.29 is 14.3 Å². The quantitative estimate of drug-likeness (QED) is 0.684. The summed E-state index contributed by atoms with van der Waals surface area (Å²) in [5, 5.41) is 0. The van der Waals surface area contributed by atoms with Crippen molar-refractivity contribution in [2.45, 2.75) is 19.1 Å². The third-order valence-corrected chi connectivity index (χ3v) is 2.34. The third-order valence-electron chi connectivity index (χ3n) is 2.34. The lowest BCUT2D eigenvalue weighted by Crippen LogP contribution is -2.00. The average molecular weight is 192 g/mol. The van der Waals surface area contributed by atoms with Gasteiger partial charge in [0.2, 0.25) is 0 Å². The van der Waals surface area contributed by atoms with Gasteiger partial charge in [-0.1, -0.05) is 12.1 Å². The Labute approximate surface area is 82.6 Å². The van der Waals surface area contributed by atoms with Gasteiger partial charge in [0.15, 0.2) is 5.78 Å². The molecule has 0 N–H and O–H groups in total. The van der Waals surface area contributed by atoms with Crippen molar-refractivity contribution in [1.29, 1.82) is 0 Å². The summed E-state index contributed by atoms with van der Waals surface area (Å²) in [5.74, 6) is 0.902. The van der Waals surface area contributed by atoms with Gasteiger partial charge in [-0.25, -0.2) is 0 Å². The first-order valence-corrected chi connectivity index (χ1v) is 4.52. The summed E-state index contributed by atoms with van der Waals surface area (Å²) in [7, 11) is 1.63. The predicted molar refractivity (Wildman–Crippen MR) is 51.3 cm³/mol. The van der Waals surface area contributed by atoms with Crippen LogP contribution in [-0.2, 0) is 9.53 Å². The van der Waals surface area contributed by atoms with Crippen LogP contribution in [0.2, 0.25) is 0 Å². The van der Waals surface area contributed by atoms with Crippen LogP contribution >= 0.6 is 0 Å². The number of carbonyl (C=O) groups excluding carboxylic acids is 1. The van der Waals surface area contributed by atoms with Gasteiger partial charge in [0.1, 0.15) is 18.0 Å². The zero-order valence-electron chi connectivity index (χ0n) is 8.19. The van der Waals surface area contributed by atoms with Crippen LogP contribution in [0.1, 0.15) is 18.6 Å². The number of hydrogen-bond acceptors (Lipinski definition) is 3. The zero-order chi connectivity index (χ0) is 10.1. The normalized spacial score (nSPS) is 24.4. The van der Waals surface area contributed by atoms with Crippen LogP contribution in [-0.4, -0.2) is 19.0 Å². The summed E-state index contributed by atoms with van der Waals surface area (Å²) in [6, 6.07) is 7.58. The molecule has 1 aromatic rings. The maximum atomic E-state index is 11.0. The van der Waals surface area contributed by atoms with Crippen LogP contribution in [0.25, 0.3) is 0 Å². The average Bonchev–Trinajstić information content (AvgIpc) is 2.97. The zero-order valence-corrected chi connectivity index (χ0v) is 8.19. The Morgan fingerprint density at radius 2 is 2.00 bits per heavy atom. The fourth-order valence-electron chi connectivity index (χ4n) is 1.47. The fraction of sp³-hybridized carbons (Fsp3) is 0.364. The van der Waals surface area contributed by atoms with Crippen molar-refractivity contribution >= 4 is 5.78 Å². The fourth-order valence-corrected chi connectivity index (χ4v) is 1.47. The minimum atomic E-state index is -0.233. The molecule has 0 radical (unpaired) electrons. The molecule has 0 aromatic heterocycles. The second kappa shape index (κ2) is 3.42. The van der Waals surface area contributed by atoms with Crippen molar-refractivity contribution in [2.24, 2.45) is 0 Å². The van der Waals surface area contributed by atoms with Crippen molar-refractivity contribution in [1.82, 2.24) is 0 Å². The lowest BCUT2D eigenvalue weighted by molar-refractivity contribution is -0.118. The second-order valence-corrected chi connectivity index (χ2v) is 3.36. The molecular weight excluding hydrogens is 180 g/mol. The topological polar surface area (TPSA) is 38.8 Å². The molecule has 1 saturated heterocycles. The first-order chi connectivity index (χ1) is 6.72. The van der Waals surface area contributed by atoms with Gasteiger partial charge < -0.3 is 9.47 Å². The van der Waals surface area contributed by atoms with E-state index in [0.29, 0.717) is 0 Å². The van der Waals surface area contributed by atoms with Crippen LogP contribution in [0.5, 0.6) is 5.75 Å². The minimum absolute atomic E-state index is 0.0431. The largest absolute Gasteiger partial charge is 0.497 e. The Kier molecular flexibility index (Phi) is 2.25. The maximum absolute atomic E-state index is 11.0. The van der Waals surface area contributed by atoms with E-state index in [9.17, 15) is 4.79 Å². The first-order valence-electron chi connectivity index (χ1n) is 4.52. The molecular formula is C11H12O3. The van der Waals surface area contributed by atoms with E-state index in [0.717, 1.165) is 11.3 Å². The molecule has 1 aromatic carbocycles. The maximum Gasteiger partial charge on any atom is 0.161 e. The molecule has 1 fully saturated rings. The number of benzene rings is 1. The lowest BCUT2D eigenvalue weighted by Gasteiger charge is -1.99. The Balaban J connectivity index is 2.08. The van der Waals surface area contributed by atoms with Crippen LogP contribution in [0.3, 0.4) is 0 Å². The SMILES string of the molecule is COc1ccc([C@@H]2O[C@H]2C(C)=O)cc1. The summed E-state index contributed by atoms with van der Waals surface area (Å²) in [5.41, 5.74) is 1.03. The van der Waals surface area contributed by atoms with Gasteiger partial charge in [-0.15, -0.1) is 0 Å². The van der Waals surface area contributed by atoms with E-state index in [-0.39, 0.29) is 18.0 Å². The van der Waals surface area contributed by atoms with Crippen LogP contribution in [0, 0.1) is 0 Å². The van der Waals surface area contributed by atoms with Gasteiger partial charge in [-0.2, -0.15) is 0 Å². The number of ether oxygens (including phenoxy) is 2. The number of epoxide rings is 1. The summed E-state index contributed by atoms with van der Waals surface area (Å²) in [6.07, 6.45) is -0.276. The van der Waals surface area contributed by atoms with Gasteiger partial charge in [0.05, 0.1) is 7.11 Å². The Morgan fingerprint density at radius 1 is 1.36 bits per heavy atom.